The second-order valence-corrected chi connectivity index (χ2v) is 9.26. The minimum atomic E-state index is -0.686. The quantitative estimate of drug-likeness (QED) is 0.556. The molecular weight excluding hydrogens is 442 g/mol. The van der Waals surface area contributed by atoms with Gasteiger partial charge in [-0.05, 0) is 61.2 Å². The number of fused-ring (bicyclic) bond motifs is 1. The van der Waals surface area contributed by atoms with E-state index in [4.69, 9.17) is 0 Å². The Morgan fingerprint density at radius 3 is 2.74 bits per heavy atom. The summed E-state index contributed by atoms with van der Waals surface area (Å²) in [5.74, 6) is -1.15. The highest BCUT2D eigenvalue weighted by Gasteiger charge is 2.25. The Morgan fingerprint density at radius 2 is 1.97 bits per heavy atom. The van der Waals surface area contributed by atoms with Crippen molar-refractivity contribution in [1.29, 1.82) is 0 Å². The topological polar surface area (TPSA) is 87.2 Å². The van der Waals surface area contributed by atoms with E-state index in [1.165, 1.54) is 28.8 Å². The van der Waals surface area contributed by atoms with Crippen LogP contribution in [0.15, 0.2) is 46.0 Å². The van der Waals surface area contributed by atoms with Crippen molar-refractivity contribution in [3.63, 3.8) is 0 Å². The summed E-state index contributed by atoms with van der Waals surface area (Å²) in [4.78, 5) is 41.8. The average Bonchev–Trinajstić information content (AvgIpc) is 3.23. The monoisotopic (exact) mass is 470 g/mol. The number of nitrogens with one attached hydrogen (secondary N) is 2. The fraction of sp³-hybridized carbons (Fsp3) is 0.400. The van der Waals surface area contributed by atoms with E-state index in [0.29, 0.717) is 11.5 Å². The number of rotatable bonds is 7. The summed E-state index contributed by atoms with van der Waals surface area (Å²) in [7, 11) is 0. The Morgan fingerprint density at radius 1 is 1.18 bits per heavy atom. The molecule has 1 saturated heterocycles. The third kappa shape index (κ3) is 5.25. The zero-order valence-corrected chi connectivity index (χ0v) is 19.2. The standard InChI is InChI=1S/C25H28F2N4O3/c1-15(2)7-9-30-10-8-18(14-30)28-23(32)19-11-16(3-5-21(19)27)13-31-22-6-4-17(26)12-20(22)24(33)29-25(31)34/h3-6,11-12,15,18H,7-10,13-14H2,1-2H3,(H,28,32)(H,29,33,34). The molecule has 1 amide bonds. The SMILES string of the molecule is CC(C)CCN1CCC(NC(=O)c2cc(Cn3c(=O)[nH]c(=O)c4cc(F)ccc43)ccc2F)C1. The van der Waals surface area contributed by atoms with E-state index in [-0.39, 0.29) is 29.1 Å². The fourth-order valence-corrected chi connectivity index (χ4v) is 4.31. The zero-order valence-electron chi connectivity index (χ0n) is 19.2. The van der Waals surface area contributed by atoms with Crippen molar-refractivity contribution in [2.24, 2.45) is 5.92 Å². The fourth-order valence-electron chi connectivity index (χ4n) is 4.31. The summed E-state index contributed by atoms with van der Waals surface area (Å²) in [5, 5.41) is 2.95. The van der Waals surface area contributed by atoms with E-state index >= 15 is 0 Å². The van der Waals surface area contributed by atoms with Gasteiger partial charge in [-0.2, -0.15) is 0 Å². The maximum absolute atomic E-state index is 14.5. The summed E-state index contributed by atoms with van der Waals surface area (Å²) >= 11 is 0. The molecule has 0 radical (unpaired) electrons. The van der Waals surface area contributed by atoms with Gasteiger partial charge < -0.3 is 10.2 Å². The first-order valence-corrected chi connectivity index (χ1v) is 11.5. The van der Waals surface area contributed by atoms with Gasteiger partial charge in [0.1, 0.15) is 11.6 Å². The minimum Gasteiger partial charge on any atom is -0.348 e. The molecule has 0 spiro atoms. The van der Waals surface area contributed by atoms with E-state index < -0.39 is 28.8 Å². The molecule has 1 aromatic heterocycles. The zero-order chi connectivity index (χ0) is 24.4. The Labute approximate surface area is 195 Å². The van der Waals surface area contributed by atoms with E-state index in [2.05, 4.69) is 29.0 Å². The number of halogens is 2. The van der Waals surface area contributed by atoms with Gasteiger partial charge in [0.05, 0.1) is 23.0 Å². The van der Waals surface area contributed by atoms with Crippen LogP contribution in [-0.4, -0.2) is 46.0 Å². The molecule has 1 aliphatic rings. The van der Waals surface area contributed by atoms with Crippen LogP contribution >= 0.6 is 0 Å². The van der Waals surface area contributed by atoms with Crippen LogP contribution < -0.4 is 16.6 Å². The lowest BCUT2D eigenvalue weighted by molar-refractivity contribution is 0.0933. The predicted molar refractivity (Wildman–Crippen MR) is 126 cm³/mol. The normalized spacial score (nSPS) is 16.4. The van der Waals surface area contributed by atoms with Crippen LogP contribution in [0.2, 0.25) is 0 Å². The molecule has 9 heteroatoms. The highest BCUT2D eigenvalue weighted by Crippen LogP contribution is 2.17. The van der Waals surface area contributed by atoms with Gasteiger partial charge in [-0.1, -0.05) is 19.9 Å². The molecule has 1 aliphatic heterocycles. The Balaban J connectivity index is 1.53. The molecule has 2 aromatic carbocycles. The number of carbonyl (C=O) groups is 1. The summed E-state index contributed by atoms with van der Waals surface area (Å²) in [5.41, 5.74) is -0.721. The van der Waals surface area contributed by atoms with Crippen LogP contribution in [0, 0.1) is 17.6 Å². The van der Waals surface area contributed by atoms with Gasteiger partial charge in [-0.25, -0.2) is 13.6 Å². The highest BCUT2D eigenvalue weighted by atomic mass is 19.1. The number of carbonyl (C=O) groups excluding carboxylic acids is 1. The van der Waals surface area contributed by atoms with Crippen molar-refractivity contribution in [3.8, 4) is 0 Å². The minimum absolute atomic E-state index is 0.0231. The first kappa shape index (κ1) is 23.8. The first-order chi connectivity index (χ1) is 16.2. The van der Waals surface area contributed by atoms with Crippen LogP contribution in [0.5, 0.6) is 0 Å². The van der Waals surface area contributed by atoms with Crippen LogP contribution in [0.4, 0.5) is 8.78 Å². The van der Waals surface area contributed by atoms with Gasteiger partial charge in [0.25, 0.3) is 11.5 Å². The van der Waals surface area contributed by atoms with Crippen molar-refractivity contribution in [3.05, 3.63) is 80.0 Å². The summed E-state index contributed by atoms with van der Waals surface area (Å²) in [6.45, 7) is 6.92. The number of aromatic nitrogens is 2. The molecule has 2 heterocycles. The van der Waals surface area contributed by atoms with Crippen LogP contribution in [0.1, 0.15) is 42.6 Å². The predicted octanol–water partition coefficient (Wildman–Crippen LogP) is 2.87. The van der Waals surface area contributed by atoms with Gasteiger partial charge in [0.15, 0.2) is 0 Å². The lowest BCUT2D eigenvalue weighted by atomic mass is 10.1. The third-order valence-electron chi connectivity index (χ3n) is 6.21. The summed E-state index contributed by atoms with van der Waals surface area (Å²) in [6, 6.07) is 7.58. The molecule has 0 bridgehead atoms. The highest BCUT2D eigenvalue weighted by molar-refractivity contribution is 5.95. The lowest BCUT2D eigenvalue weighted by Gasteiger charge is -2.18. The number of H-pyrrole nitrogens is 1. The van der Waals surface area contributed by atoms with Crippen molar-refractivity contribution >= 4 is 16.8 Å². The molecule has 1 fully saturated rings. The van der Waals surface area contributed by atoms with Crippen LogP contribution in [0.3, 0.4) is 0 Å². The number of benzene rings is 2. The van der Waals surface area contributed by atoms with Crippen molar-refractivity contribution in [1.82, 2.24) is 19.8 Å². The number of hydrogen-bond acceptors (Lipinski definition) is 4. The van der Waals surface area contributed by atoms with Gasteiger partial charge in [0, 0.05) is 19.1 Å². The van der Waals surface area contributed by atoms with Gasteiger partial charge in [-0.15, -0.1) is 0 Å². The maximum Gasteiger partial charge on any atom is 0.329 e. The number of nitrogens with zero attached hydrogens (tertiary/aromatic N) is 2. The molecule has 4 rings (SSSR count). The van der Waals surface area contributed by atoms with Crippen molar-refractivity contribution in [2.45, 2.75) is 39.3 Å². The van der Waals surface area contributed by atoms with Gasteiger partial charge in [-0.3, -0.25) is 19.1 Å². The molecule has 2 N–H and O–H groups in total. The second kappa shape index (κ2) is 9.89. The Hall–Kier alpha value is -3.33. The molecule has 1 atom stereocenters. The van der Waals surface area contributed by atoms with E-state index in [1.807, 2.05) is 0 Å². The molecule has 0 saturated carbocycles. The van der Waals surface area contributed by atoms with Gasteiger partial charge >= 0.3 is 5.69 Å². The van der Waals surface area contributed by atoms with Crippen molar-refractivity contribution < 1.29 is 13.6 Å². The van der Waals surface area contributed by atoms with Crippen molar-refractivity contribution in [2.75, 3.05) is 19.6 Å². The number of likely N-dealkylation sites (tertiary alicyclic amines) is 1. The number of aromatic amines is 1. The molecule has 34 heavy (non-hydrogen) atoms. The Kier molecular flexibility index (Phi) is 6.92. The first-order valence-electron chi connectivity index (χ1n) is 11.5. The largest absolute Gasteiger partial charge is 0.348 e. The molecule has 180 valence electrons. The number of hydrogen-bond donors (Lipinski definition) is 2. The molecular formula is C25H28F2N4O3. The maximum atomic E-state index is 14.5. The van der Waals surface area contributed by atoms with Crippen LogP contribution in [-0.2, 0) is 6.54 Å². The van der Waals surface area contributed by atoms with Crippen LogP contribution in [0.25, 0.3) is 10.9 Å². The molecule has 0 aliphatic carbocycles. The second-order valence-electron chi connectivity index (χ2n) is 9.26. The summed E-state index contributed by atoms with van der Waals surface area (Å²) in [6.07, 6.45) is 1.89. The Bertz CT molecular complexity index is 1330. The molecule has 1 unspecified atom stereocenters. The van der Waals surface area contributed by atoms with E-state index in [9.17, 15) is 23.2 Å². The average molecular weight is 471 g/mol. The summed E-state index contributed by atoms with van der Waals surface area (Å²) < 4.78 is 29.4. The van der Waals surface area contributed by atoms with E-state index in [0.717, 1.165) is 44.6 Å². The molecule has 7 nitrogen and oxygen atoms in total. The third-order valence-corrected chi connectivity index (χ3v) is 6.21. The molecule has 3 aromatic rings. The smallest absolute Gasteiger partial charge is 0.329 e. The number of amides is 1. The van der Waals surface area contributed by atoms with E-state index in [1.54, 1.807) is 0 Å². The lowest BCUT2D eigenvalue weighted by Crippen LogP contribution is -2.37. The van der Waals surface area contributed by atoms with Gasteiger partial charge in [0.2, 0.25) is 0 Å².